The lowest BCUT2D eigenvalue weighted by molar-refractivity contribution is 0.367. The lowest BCUT2D eigenvalue weighted by Gasteiger charge is -2.05. The highest BCUT2D eigenvalue weighted by Crippen LogP contribution is 2.20. The van der Waals surface area contributed by atoms with Crippen molar-refractivity contribution in [3.05, 3.63) is 65.7 Å². The number of rotatable bonds is 3. The van der Waals surface area contributed by atoms with Crippen molar-refractivity contribution in [2.75, 3.05) is 0 Å². The lowest BCUT2D eigenvalue weighted by Crippen LogP contribution is -2.12. The number of benzene rings is 1. The van der Waals surface area contributed by atoms with Gasteiger partial charge in [-0.3, -0.25) is 0 Å². The number of nitrogens with zero attached hydrogens (tertiary/aromatic N) is 3. The summed E-state index contributed by atoms with van der Waals surface area (Å²) in [6.45, 7) is 1.92. The van der Waals surface area contributed by atoms with Crippen molar-refractivity contribution in [1.82, 2.24) is 15.1 Å². The van der Waals surface area contributed by atoms with Crippen LogP contribution < -0.4 is 5.73 Å². The Kier molecular flexibility index (Phi) is 3.26. The van der Waals surface area contributed by atoms with Crippen molar-refractivity contribution in [2.45, 2.75) is 13.0 Å². The highest BCUT2D eigenvalue weighted by molar-refractivity contribution is 5.48. The van der Waals surface area contributed by atoms with E-state index in [1.807, 2.05) is 55.5 Å². The van der Waals surface area contributed by atoms with E-state index < -0.39 is 6.04 Å². The summed E-state index contributed by atoms with van der Waals surface area (Å²) in [4.78, 5) is 8.70. The minimum Gasteiger partial charge on any atom is -0.337 e. The van der Waals surface area contributed by atoms with Gasteiger partial charge in [0.1, 0.15) is 11.7 Å². The number of pyridine rings is 1. The van der Waals surface area contributed by atoms with Crippen LogP contribution in [0.4, 0.5) is 0 Å². The predicted molar refractivity (Wildman–Crippen MR) is 74.7 cm³/mol. The standard InChI is InChI=1S/C15H14N4O/c1-10-6-5-9-12(17-10)14-18-15(20-19-14)13(16)11-7-3-2-4-8-11/h2-9,13H,16H2,1H3/t13-/m0/s1. The second kappa shape index (κ2) is 5.22. The zero-order chi connectivity index (χ0) is 13.9. The fraction of sp³-hybridized carbons (Fsp3) is 0.133. The molecule has 0 aliphatic rings. The Bertz CT molecular complexity index is 709. The van der Waals surface area contributed by atoms with E-state index in [0.29, 0.717) is 17.4 Å². The molecule has 0 unspecified atom stereocenters. The molecule has 2 heterocycles. The van der Waals surface area contributed by atoms with Crippen molar-refractivity contribution < 1.29 is 4.52 Å². The van der Waals surface area contributed by atoms with Gasteiger partial charge < -0.3 is 10.3 Å². The van der Waals surface area contributed by atoms with E-state index in [0.717, 1.165) is 11.3 Å². The first kappa shape index (κ1) is 12.5. The third kappa shape index (κ3) is 2.44. The molecule has 0 fully saturated rings. The molecule has 0 bridgehead atoms. The molecular weight excluding hydrogens is 252 g/mol. The van der Waals surface area contributed by atoms with E-state index >= 15 is 0 Å². The van der Waals surface area contributed by atoms with Crippen LogP contribution >= 0.6 is 0 Å². The Labute approximate surface area is 116 Å². The van der Waals surface area contributed by atoms with Gasteiger partial charge in [-0.05, 0) is 24.6 Å². The number of hydrogen-bond donors (Lipinski definition) is 1. The van der Waals surface area contributed by atoms with Gasteiger partial charge in [0.25, 0.3) is 0 Å². The van der Waals surface area contributed by atoms with E-state index in [1.54, 1.807) is 0 Å². The summed E-state index contributed by atoms with van der Waals surface area (Å²) in [5, 5.41) is 3.95. The van der Waals surface area contributed by atoms with Crippen LogP contribution in [-0.4, -0.2) is 15.1 Å². The number of aryl methyl sites for hydroxylation is 1. The second-order valence-electron chi connectivity index (χ2n) is 4.51. The summed E-state index contributed by atoms with van der Waals surface area (Å²) < 4.78 is 5.25. The molecule has 20 heavy (non-hydrogen) atoms. The van der Waals surface area contributed by atoms with Crippen LogP contribution in [0.1, 0.15) is 23.2 Å². The number of nitrogens with two attached hydrogens (primary N) is 1. The topological polar surface area (TPSA) is 77.8 Å². The largest absolute Gasteiger partial charge is 0.337 e. The van der Waals surface area contributed by atoms with Crippen molar-refractivity contribution in [2.24, 2.45) is 5.73 Å². The van der Waals surface area contributed by atoms with Crippen LogP contribution in [0.15, 0.2) is 53.1 Å². The molecule has 0 aliphatic carbocycles. The monoisotopic (exact) mass is 266 g/mol. The summed E-state index contributed by atoms with van der Waals surface area (Å²) in [7, 11) is 0. The predicted octanol–water partition coefficient (Wildman–Crippen LogP) is 2.49. The maximum absolute atomic E-state index is 6.12. The van der Waals surface area contributed by atoms with Gasteiger partial charge in [-0.1, -0.05) is 41.6 Å². The molecule has 1 aromatic carbocycles. The third-order valence-corrected chi connectivity index (χ3v) is 2.98. The molecule has 0 amide bonds. The Balaban J connectivity index is 1.91. The van der Waals surface area contributed by atoms with Gasteiger partial charge in [0.05, 0.1) is 0 Å². The first-order valence-electron chi connectivity index (χ1n) is 6.32. The van der Waals surface area contributed by atoms with Crippen molar-refractivity contribution in [3.63, 3.8) is 0 Å². The molecule has 1 atom stereocenters. The van der Waals surface area contributed by atoms with Crippen LogP contribution in [0.2, 0.25) is 0 Å². The zero-order valence-corrected chi connectivity index (χ0v) is 11.0. The van der Waals surface area contributed by atoms with Crippen LogP contribution in [0.25, 0.3) is 11.5 Å². The van der Waals surface area contributed by atoms with Crippen LogP contribution in [0.5, 0.6) is 0 Å². The summed E-state index contributed by atoms with van der Waals surface area (Å²) in [5.74, 6) is 0.838. The minimum absolute atomic E-state index is 0.384. The Morgan fingerprint density at radius 3 is 2.55 bits per heavy atom. The molecule has 0 spiro atoms. The van der Waals surface area contributed by atoms with Crippen molar-refractivity contribution in [3.8, 4) is 11.5 Å². The quantitative estimate of drug-likeness (QED) is 0.788. The summed E-state index contributed by atoms with van der Waals surface area (Å²) in [6.07, 6.45) is 0. The number of aromatic nitrogens is 3. The SMILES string of the molecule is Cc1cccc(-c2noc([C@@H](N)c3ccccc3)n2)n1. The Hall–Kier alpha value is -2.53. The molecule has 0 saturated carbocycles. The highest BCUT2D eigenvalue weighted by atomic mass is 16.5. The summed E-state index contributed by atoms with van der Waals surface area (Å²) >= 11 is 0. The van der Waals surface area contributed by atoms with Crippen molar-refractivity contribution in [1.29, 1.82) is 0 Å². The molecule has 5 heteroatoms. The Morgan fingerprint density at radius 2 is 1.80 bits per heavy atom. The van der Waals surface area contributed by atoms with E-state index in [9.17, 15) is 0 Å². The molecule has 0 saturated heterocycles. The van der Waals surface area contributed by atoms with E-state index in [4.69, 9.17) is 10.3 Å². The second-order valence-corrected chi connectivity index (χ2v) is 4.51. The van der Waals surface area contributed by atoms with Gasteiger partial charge in [0.15, 0.2) is 0 Å². The van der Waals surface area contributed by atoms with Crippen LogP contribution in [0, 0.1) is 6.92 Å². The lowest BCUT2D eigenvalue weighted by atomic mass is 10.1. The average Bonchev–Trinajstić information content (AvgIpc) is 2.97. The molecule has 3 rings (SSSR count). The highest BCUT2D eigenvalue weighted by Gasteiger charge is 2.17. The molecular formula is C15H14N4O. The summed E-state index contributed by atoms with van der Waals surface area (Å²) in [6, 6.07) is 14.9. The average molecular weight is 266 g/mol. The van der Waals surface area contributed by atoms with Gasteiger partial charge in [0.2, 0.25) is 11.7 Å². The zero-order valence-electron chi connectivity index (χ0n) is 11.0. The molecule has 2 aromatic heterocycles. The molecule has 0 aliphatic heterocycles. The van der Waals surface area contributed by atoms with Crippen LogP contribution in [-0.2, 0) is 0 Å². The first-order chi connectivity index (χ1) is 9.74. The van der Waals surface area contributed by atoms with E-state index in [-0.39, 0.29) is 0 Å². The Morgan fingerprint density at radius 1 is 1.00 bits per heavy atom. The smallest absolute Gasteiger partial charge is 0.248 e. The summed E-state index contributed by atoms with van der Waals surface area (Å²) in [5.41, 5.74) is 8.64. The van der Waals surface area contributed by atoms with E-state index in [1.165, 1.54) is 0 Å². The van der Waals surface area contributed by atoms with Gasteiger partial charge in [-0.2, -0.15) is 4.98 Å². The molecule has 5 nitrogen and oxygen atoms in total. The normalized spacial score (nSPS) is 12.3. The third-order valence-electron chi connectivity index (χ3n) is 2.98. The first-order valence-corrected chi connectivity index (χ1v) is 6.32. The maximum Gasteiger partial charge on any atom is 0.248 e. The molecule has 0 radical (unpaired) electrons. The minimum atomic E-state index is -0.428. The maximum atomic E-state index is 6.12. The fourth-order valence-corrected chi connectivity index (χ4v) is 1.94. The van der Waals surface area contributed by atoms with E-state index in [2.05, 4.69) is 15.1 Å². The van der Waals surface area contributed by atoms with Crippen molar-refractivity contribution >= 4 is 0 Å². The van der Waals surface area contributed by atoms with Crippen LogP contribution in [0.3, 0.4) is 0 Å². The molecule has 2 N–H and O–H groups in total. The van der Waals surface area contributed by atoms with Gasteiger partial charge in [0, 0.05) is 5.69 Å². The van der Waals surface area contributed by atoms with Gasteiger partial charge >= 0.3 is 0 Å². The molecule has 100 valence electrons. The molecule has 3 aromatic rings. The van der Waals surface area contributed by atoms with Gasteiger partial charge in [-0.15, -0.1) is 0 Å². The fourth-order valence-electron chi connectivity index (χ4n) is 1.94. The van der Waals surface area contributed by atoms with Gasteiger partial charge in [-0.25, -0.2) is 4.98 Å². The number of hydrogen-bond acceptors (Lipinski definition) is 5.